The van der Waals surface area contributed by atoms with Gasteiger partial charge in [-0.2, -0.15) is 0 Å². The number of fused-ring (bicyclic) bond motifs is 1. The lowest BCUT2D eigenvalue weighted by Crippen LogP contribution is -2.61. The number of anilines is 1. The highest BCUT2D eigenvalue weighted by Gasteiger charge is 2.60. The van der Waals surface area contributed by atoms with Crippen molar-refractivity contribution in [2.45, 2.75) is 71.6 Å². The normalized spacial score (nSPS) is 31.8. The second kappa shape index (κ2) is 10.6. The molecule has 8 nitrogen and oxygen atoms in total. The first-order chi connectivity index (χ1) is 17.2. The third-order valence-corrected chi connectivity index (χ3v) is 8.67. The van der Waals surface area contributed by atoms with Gasteiger partial charge in [0.15, 0.2) is 0 Å². The van der Waals surface area contributed by atoms with Crippen LogP contribution in [0.3, 0.4) is 0 Å². The summed E-state index contributed by atoms with van der Waals surface area (Å²) in [6.45, 7) is 6.20. The van der Waals surface area contributed by atoms with Crippen LogP contribution in [-0.4, -0.2) is 41.0 Å². The first kappa shape index (κ1) is 26.2. The molecule has 2 aliphatic rings. The number of aliphatic hydroxyl groups is 2. The van der Waals surface area contributed by atoms with Crippen molar-refractivity contribution in [3.05, 3.63) is 54.0 Å². The molecule has 0 aliphatic heterocycles. The maximum Gasteiger partial charge on any atom is 0.411 e. The van der Waals surface area contributed by atoms with Gasteiger partial charge in [-0.05, 0) is 74.1 Å². The molecule has 0 bridgehead atoms. The summed E-state index contributed by atoms with van der Waals surface area (Å²) in [5.41, 5.74) is 0.667. The predicted molar refractivity (Wildman–Crippen MR) is 135 cm³/mol. The zero-order valence-electron chi connectivity index (χ0n) is 21.3. The molecule has 36 heavy (non-hydrogen) atoms. The SMILES string of the molecule is Cc1ccc(NC(=O)O[C@@H]2CC[C@]3(C)[C@@H](CC[C@@H](O)[C@H]3CC(=O)NCc3ccco3)[C@]2(C)CO)cc1. The van der Waals surface area contributed by atoms with Gasteiger partial charge >= 0.3 is 6.09 Å². The molecule has 1 aromatic heterocycles. The van der Waals surface area contributed by atoms with E-state index in [1.54, 1.807) is 18.4 Å². The lowest BCUT2D eigenvalue weighted by Gasteiger charge is -2.60. The topological polar surface area (TPSA) is 121 Å². The number of ether oxygens (including phenoxy) is 1. The molecule has 1 heterocycles. The Morgan fingerprint density at radius 1 is 1.14 bits per heavy atom. The number of hydrogen-bond donors (Lipinski definition) is 4. The number of aryl methyl sites for hydroxylation is 1. The van der Waals surface area contributed by atoms with Crippen LogP contribution < -0.4 is 10.6 Å². The molecule has 2 fully saturated rings. The van der Waals surface area contributed by atoms with Crippen molar-refractivity contribution in [2.24, 2.45) is 22.7 Å². The smallest absolute Gasteiger partial charge is 0.411 e. The van der Waals surface area contributed by atoms with E-state index in [0.29, 0.717) is 43.7 Å². The molecule has 0 unspecified atom stereocenters. The Kier molecular flexibility index (Phi) is 7.76. The van der Waals surface area contributed by atoms with E-state index < -0.39 is 23.7 Å². The zero-order chi connectivity index (χ0) is 25.9. The molecule has 0 radical (unpaired) electrons. The fourth-order valence-electron chi connectivity index (χ4n) is 6.56. The Morgan fingerprint density at radius 3 is 2.56 bits per heavy atom. The van der Waals surface area contributed by atoms with Crippen LogP contribution >= 0.6 is 0 Å². The van der Waals surface area contributed by atoms with Gasteiger partial charge in [0.25, 0.3) is 0 Å². The van der Waals surface area contributed by atoms with Crippen LogP contribution in [0.1, 0.15) is 57.3 Å². The number of benzene rings is 1. The van der Waals surface area contributed by atoms with E-state index in [2.05, 4.69) is 17.6 Å². The molecule has 2 aromatic rings. The van der Waals surface area contributed by atoms with Crippen molar-refractivity contribution in [3.63, 3.8) is 0 Å². The van der Waals surface area contributed by atoms with Gasteiger partial charge < -0.3 is 24.7 Å². The molecule has 4 N–H and O–H groups in total. The molecule has 2 saturated carbocycles. The van der Waals surface area contributed by atoms with E-state index in [-0.39, 0.29) is 36.2 Å². The minimum atomic E-state index is -0.694. The number of carbonyl (C=O) groups is 2. The summed E-state index contributed by atoms with van der Waals surface area (Å²) in [5.74, 6) is 0.248. The average Bonchev–Trinajstić information content (AvgIpc) is 3.37. The van der Waals surface area contributed by atoms with E-state index in [0.717, 1.165) is 5.56 Å². The highest BCUT2D eigenvalue weighted by molar-refractivity contribution is 5.84. The van der Waals surface area contributed by atoms with Gasteiger partial charge in [-0.1, -0.05) is 31.5 Å². The zero-order valence-corrected chi connectivity index (χ0v) is 21.3. The van der Waals surface area contributed by atoms with Crippen molar-refractivity contribution in [3.8, 4) is 0 Å². The second-order valence-electron chi connectivity index (χ2n) is 11.0. The molecule has 6 atom stereocenters. The molecule has 4 rings (SSSR count). The fourth-order valence-corrected chi connectivity index (χ4v) is 6.56. The maximum atomic E-state index is 12.8. The molecule has 0 spiro atoms. The van der Waals surface area contributed by atoms with Gasteiger partial charge in [0.05, 0.1) is 25.5 Å². The molecule has 8 heteroatoms. The molecule has 2 aliphatic carbocycles. The summed E-state index contributed by atoms with van der Waals surface area (Å²) in [6, 6.07) is 11.1. The number of amides is 2. The van der Waals surface area contributed by atoms with Gasteiger partial charge in [-0.3, -0.25) is 10.1 Å². The Hall–Kier alpha value is -2.84. The van der Waals surface area contributed by atoms with Gasteiger partial charge in [0.1, 0.15) is 11.9 Å². The van der Waals surface area contributed by atoms with Crippen LogP contribution in [0.4, 0.5) is 10.5 Å². The van der Waals surface area contributed by atoms with Crippen molar-refractivity contribution in [1.82, 2.24) is 5.32 Å². The van der Waals surface area contributed by atoms with E-state index in [1.807, 2.05) is 38.1 Å². The number of aliphatic hydroxyl groups excluding tert-OH is 2. The van der Waals surface area contributed by atoms with Gasteiger partial charge in [-0.15, -0.1) is 0 Å². The number of carbonyl (C=O) groups excluding carboxylic acids is 2. The number of hydrogen-bond acceptors (Lipinski definition) is 6. The molecule has 1 aromatic carbocycles. The summed E-state index contributed by atoms with van der Waals surface area (Å²) in [7, 11) is 0. The van der Waals surface area contributed by atoms with Crippen molar-refractivity contribution < 1.29 is 29.0 Å². The van der Waals surface area contributed by atoms with Gasteiger partial charge in [0, 0.05) is 17.5 Å². The van der Waals surface area contributed by atoms with Crippen LogP contribution in [0.5, 0.6) is 0 Å². The highest BCUT2D eigenvalue weighted by Crippen LogP contribution is 2.61. The van der Waals surface area contributed by atoms with Crippen LogP contribution in [0.2, 0.25) is 0 Å². The Labute approximate surface area is 212 Å². The Bertz CT molecular complexity index is 1040. The lowest BCUT2D eigenvalue weighted by atomic mass is 9.46. The standard InChI is InChI=1S/C28H38N2O6/c1-18-6-8-19(9-7-18)30-26(34)36-24-12-13-27(2)21(15-25(33)29-16-20-5-4-14-35-20)22(32)10-11-23(27)28(24,3)17-31/h4-9,14,21-24,31-32H,10-13,15-17H2,1-3H3,(H,29,33)(H,30,34)/t21-,22-,23-,24-,27+,28+/m1/s1. The van der Waals surface area contributed by atoms with Crippen LogP contribution in [0.25, 0.3) is 0 Å². The summed E-state index contributed by atoms with van der Waals surface area (Å²) >= 11 is 0. The maximum absolute atomic E-state index is 12.8. The van der Waals surface area contributed by atoms with Crippen molar-refractivity contribution in [1.29, 1.82) is 0 Å². The third kappa shape index (κ3) is 5.30. The molecular formula is C28H38N2O6. The van der Waals surface area contributed by atoms with Crippen LogP contribution in [-0.2, 0) is 16.1 Å². The highest BCUT2D eigenvalue weighted by atomic mass is 16.6. The van der Waals surface area contributed by atoms with E-state index in [4.69, 9.17) is 9.15 Å². The largest absolute Gasteiger partial charge is 0.467 e. The summed E-state index contributed by atoms with van der Waals surface area (Å²) in [4.78, 5) is 25.5. The summed E-state index contributed by atoms with van der Waals surface area (Å²) in [6.07, 6.45) is 2.58. The quantitative estimate of drug-likeness (QED) is 0.449. The monoisotopic (exact) mass is 498 g/mol. The van der Waals surface area contributed by atoms with Crippen LogP contribution in [0, 0.1) is 29.6 Å². The number of rotatable bonds is 7. The van der Waals surface area contributed by atoms with Crippen LogP contribution in [0.15, 0.2) is 47.1 Å². The first-order valence-electron chi connectivity index (χ1n) is 12.8. The summed E-state index contributed by atoms with van der Waals surface area (Å²) in [5, 5.41) is 27.2. The van der Waals surface area contributed by atoms with Crippen molar-refractivity contribution >= 4 is 17.7 Å². The lowest BCUT2D eigenvalue weighted by molar-refractivity contribution is -0.185. The summed E-state index contributed by atoms with van der Waals surface area (Å²) < 4.78 is 11.2. The average molecular weight is 499 g/mol. The first-order valence-corrected chi connectivity index (χ1v) is 12.8. The Balaban J connectivity index is 1.45. The number of furan rings is 1. The van der Waals surface area contributed by atoms with E-state index in [9.17, 15) is 19.8 Å². The predicted octanol–water partition coefficient (Wildman–Crippen LogP) is 4.40. The molecular weight excluding hydrogens is 460 g/mol. The second-order valence-corrected chi connectivity index (χ2v) is 11.0. The van der Waals surface area contributed by atoms with E-state index in [1.165, 1.54) is 0 Å². The fraction of sp³-hybridized carbons (Fsp3) is 0.571. The molecule has 0 saturated heterocycles. The molecule has 196 valence electrons. The third-order valence-electron chi connectivity index (χ3n) is 8.67. The van der Waals surface area contributed by atoms with Gasteiger partial charge in [-0.25, -0.2) is 4.79 Å². The number of nitrogens with one attached hydrogen (secondary N) is 2. The Morgan fingerprint density at radius 2 is 1.89 bits per heavy atom. The van der Waals surface area contributed by atoms with E-state index >= 15 is 0 Å². The van der Waals surface area contributed by atoms with Gasteiger partial charge in [0.2, 0.25) is 5.91 Å². The molecule has 2 amide bonds. The van der Waals surface area contributed by atoms with Crippen molar-refractivity contribution in [2.75, 3.05) is 11.9 Å². The minimum Gasteiger partial charge on any atom is -0.467 e. The minimum absolute atomic E-state index is 0.0211.